The van der Waals surface area contributed by atoms with E-state index in [0.29, 0.717) is 6.61 Å². The number of ether oxygens (including phenoxy) is 2. The highest BCUT2D eigenvalue weighted by molar-refractivity contribution is 5.77. The summed E-state index contributed by atoms with van der Waals surface area (Å²) in [7, 11) is 0. The van der Waals surface area contributed by atoms with Gasteiger partial charge in [0.15, 0.2) is 0 Å². The summed E-state index contributed by atoms with van der Waals surface area (Å²) in [6, 6.07) is 0. The number of rotatable bonds is 8. The summed E-state index contributed by atoms with van der Waals surface area (Å²) < 4.78 is 32.5. The summed E-state index contributed by atoms with van der Waals surface area (Å²) in [6.07, 6.45) is -2.46. The van der Waals surface area contributed by atoms with E-state index >= 15 is 0 Å². The quantitative estimate of drug-likeness (QED) is 0.592. The van der Waals surface area contributed by atoms with Crippen LogP contribution >= 0.6 is 0 Å². The Morgan fingerprint density at radius 2 is 2.14 bits per heavy atom. The minimum Gasteiger partial charge on any atom is -0.374 e. The van der Waals surface area contributed by atoms with Crippen LogP contribution in [0, 0.1) is 0 Å². The Morgan fingerprint density at radius 1 is 1.43 bits per heavy atom. The van der Waals surface area contributed by atoms with Gasteiger partial charge in [0.1, 0.15) is 13.2 Å². The maximum atomic E-state index is 11.6. The molecule has 0 bridgehead atoms. The van der Waals surface area contributed by atoms with E-state index in [0.717, 1.165) is 0 Å². The molecule has 0 atom stereocenters. The standard InChI is InChI=1S/C8H15F2NO3/c1-2-13-6-8(12)11-3-4-14-5-7(9)10/h7H,2-6H2,1H3,(H,11,12). The lowest BCUT2D eigenvalue weighted by Crippen LogP contribution is -2.31. The van der Waals surface area contributed by atoms with E-state index < -0.39 is 13.0 Å². The summed E-state index contributed by atoms with van der Waals surface area (Å²) in [5.41, 5.74) is 0. The molecule has 0 aliphatic carbocycles. The predicted molar refractivity (Wildman–Crippen MR) is 46.3 cm³/mol. The zero-order chi connectivity index (χ0) is 10.8. The summed E-state index contributed by atoms with van der Waals surface area (Å²) in [6.45, 7) is 1.95. The average Bonchev–Trinajstić information content (AvgIpc) is 2.13. The van der Waals surface area contributed by atoms with Gasteiger partial charge in [0.05, 0.1) is 6.61 Å². The molecular formula is C8H15F2NO3. The summed E-state index contributed by atoms with van der Waals surface area (Å²) in [5.74, 6) is -0.271. The van der Waals surface area contributed by atoms with Crippen molar-refractivity contribution in [1.29, 1.82) is 0 Å². The number of nitrogens with one attached hydrogen (secondary N) is 1. The van der Waals surface area contributed by atoms with E-state index in [1.54, 1.807) is 6.92 Å². The first-order valence-corrected chi connectivity index (χ1v) is 4.37. The number of carbonyl (C=O) groups excluding carboxylic acids is 1. The molecule has 0 unspecified atom stereocenters. The Kier molecular flexibility index (Phi) is 8.36. The third-order valence-corrected chi connectivity index (χ3v) is 1.25. The van der Waals surface area contributed by atoms with Gasteiger partial charge in [-0.05, 0) is 6.92 Å². The molecule has 0 saturated heterocycles. The Morgan fingerprint density at radius 3 is 2.71 bits per heavy atom. The van der Waals surface area contributed by atoms with Crippen LogP contribution in [0.2, 0.25) is 0 Å². The molecule has 1 amide bonds. The molecule has 0 rings (SSSR count). The molecular weight excluding hydrogens is 196 g/mol. The van der Waals surface area contributed by atoms with Crippen LogP contribution < -0.4 is 5.32 Å². The first-order chi connectivity index (χ1) is 6.66. The third-order valence-electron chi connectivity index (χ3n) is 1.25. The van der Waals surface area contributed by atoms with E-state index in [1.165, 1.54) is 0 Å². The number of amides is 1. The lowest BCUT2D eigenvalue weighted by atomic mass is 10.6. The molecule has 0 aliphatic rings. The maximum absolute atomic E-state index is 11.6. The summed E-state index contributed by atoms with van der Waals surface area (Å²) >= 11 is 0. The minimum absolute atomic E-state index is 0.00858. The van der Waals surface area contributed by atoms with Crippen molar-refractivity contribution in [3.63, 3.8) is 0 Å². The van der Waals surface area contributed by atoms with Crippen molar-refractivity contribution in [1.82, 2.24) is 5.32 Å². The van der Waals surface area contributed by atoms with Crippen LogP contribution in [0.3, 0.4) is 0 Å². The Bertz CT molecular complexity index is 156. The molecule has 0 radical (unpaired) electrons. The van der Waals surface area contributed by atoms with E-state index in [-0.39, 0.29) is 25.7 Å². The molecule has 0 aromatic heterocycles. The molecule has 0 saturated carbocycles. The zero-order valence-electron chi connectivity index (χ0n) is 8.09. The molecule has 0 aromatic carbocycles. The fourth-order valence-electron chi connectivity index (χ4n) is 0.681. The second-order valence-electron chi connectivity index (χ2n) is 2.45. The van der Waals surface area contributed by atoms with Gasteiger partial charge in [-0.15, -0.1) is 0 Å². The van der Waals surface area contributed by atoms with Crippen LogP contribution in [0.4, 0.5) is 8.78 Å². The summed E-state index contributed by atoms with van der Waals surface area (Å²) in [4.78, 5) is 10.9. The van der Waals surface area contributed by atoms with Crippen LogP contribution in [0.1, 0.15) is 6.92 Å². The van der Waals surface area contributed by atoms with Crippen molar-refractivity contribution < 1.29 is 23.0 Å². The van der Waals surface area contributed by atoms with Gasteiger partial charge in [0.25, 0.3) is 6.43 Å². The molecule has 14 heavy (non-hydrogen) atoms. The number of alkyl halides is 2. The second-order valence-corrected chi connectivity index (χ2v) is 2.45. The van der Waals surface area contributed by atoms with Crippen molar-refractivity contribution in [2.24, 2.45) is 0 Å². The molecule has 84 valence electrons. The third kappa shape index (κ3) is 9.34. The van der Waals surface area contributed by atoms with Gasteiger partial charge in [-0.25, -0.2) is 8.78 Å². The van der Waals surface area contributed by atoms with Gasteiger partial charge in [0, 0.05) is 13.2 Å². The van der Waals surface area contributed by atoms with Gasteiger partial charge >= 0.3 is 0 Å². The highest BCUT2D eigenvalue weighted by atomic mass is 19.3. The van der Waals surface area contributed by atoms with Crippen LogP contribution in [-0.2, 0) is 14.3 Å². The molecule has 0 aliphatic heterocycles. The Hall–Kier alpha value is -0.750. The van der Waals surface area contributed by atoms with E-state index in [2.05, 4.69) is 10.1 Å². The predicted octanol–water partition coefficient (Wildman–Crippen LogP) is 0.421. The lowest BCUT2D eigenvalue weighted by molar-refractivity contribution is -0.125. The van der Waals surface area contributed by atoms with Gasteiger partial charge in [-0.2, -0.15) is 0 Å². The highest BCUT2D eigenvalue weighted by Crippen LogP contribution is 1.91. The fraction of sp³-hybridized carbons (Fsp3) is 0.875. The number of halogens is 2. The van der Waals surface area contributed by atoms with Crippen molar-refractivity contribution in [3.8, 4) is 0 Å². The SMILES string of the molecule is CCOCC(=O)NCCOCC(F)F. The van der Waals surface area contributed by atoms with Gasteiger partial charge in [0.2, 0.25) is 5.91 Å². The topological polar surface area (TPSA) is 47.6 Å². The molecule has 0 aromatic rings. The van der Waals surface area contributed by atoms with E-state index in [4.69, 9.17) is 4.74 Å². The molecule has 0 fully saturated rings. The Labute approximate surface area is 81.6 Å². The van der Waals surface area contributed by atoms with E-state index in [1.807, 2.05) is 0 Å². The highest BCUT2D eigenvalue weighted by Gasteiger charge is 2.02. The zero-order valence-corrected chi connectivity index (χ0v) is 8.09. The normalized spacial score (nSPS) is 10.6. The second kappa shape index (κ2) is 8.83. The fourth-order valence-corrected chi connectivity index (χ4v) is 0.681. The van der Waals surface area contributed by atoms with Crippen molar-refractivity contribution in [2.75, 3.05) is 33.0 Å². The van der Waals surface area contributed by atoms with Gasteiger partial charge in [-0.3, -0.25) is 4.79 Å². The monoisotopic (exact) mass is 211 g/mol. The summed E-state index contributed by atoms with van der Waals surface area (Å²) in [5, 5.41) is 2.46. The first-order valence-electron chi connectivity index (χ1n) is 4.37. The molecule has 4 nitrogen and oxygen atoms in total. The van der Waals surface area contributed by atoms with Crippen molar-refractivity contribution in [2.45, 2.75) is 13.3 Å². The van der Waals surface area contributed by atoms with Gasteiger partial charge < -0.3 is 14.8 Å². The molecule has 0 spiro atoms. The molecule has 0 heterocycles. The Balaban J connectivity index is 3.15. The lowest BCUT2D eigenvalue weighted by Gasteiger charge is -2.05. The number of carbonyl (C=O) groups is 1. The van der Waals surface area contributed by atoms with Crippen LogP contribution in [0.5, 0.6) is 0 Å². The van der Waals surface area contributed by atoms with Crippen molar-refractivity contribution >= 4 is 5.91 Å². The van der Waals surface area contributed by atoms with E-state index in [9.17, 15) is 13.6 Å². The van der Waals surface area contributed by atoms with Crippen LogP contribution in [-0.4, -0.2) is 45.3 Å². The largest absolute Gasteiger partial charge is 0.374 e. The smallest absolute Gasteiger partial charge is 0.261 e. The van der Waals surface area contributed by atoms with Crippen LogP contribution in [0.15, 0.2) is 0 Å². The maximum Gasteiger partial charge on any atom is 0.261 e. The average molecular weight is 211 g/mol. The first kappa shape index (κ1) is 13.2. The minimum atomic E-state index is -2.46. The van der Waals surface area contributed by atoms with Crippen molar-refractivity contribution in [3.05, 3.63) is 0 Å². The van der Waals surface area contributed by atoms with Gasteiger partial charge in [-0.1, -0.05) is 0 Å². The number of hydrogen-bond acceptors (Lipinski definition) is 3. The molecule has 6 heteroatoms. The van der Waals surface area contributed by atoms with Crippen LogP contribution in [0.25, 0.3) is 0 Å². The number of hydrogen-bond donors (Lipinski definition) is 1. The molecule has 1 N–H and O–H groups in total.